The standard InChI is InChI=1S/C26H27N5O2/c1-29-25-23(17-27-29)22(16-24(28-25)20-8-10-21(33-2)11-9-20)26(32)31-14-12-30(13-15-31)18-19-6-4-3-5-7-19/h3-11,16-17H,12-15,18H2,1-2H3. The maximum Gasteiger partial charge on any atom is 0.254 e. The highest BCUT2D eigenvalue weighted by Gasteiger charge is 2.25. The topological polar surface area (TPSA) is 63.5 Å². The minimum Gasteiger partial charge on any atom is -0.497 e. The lowest BCUT2D eigenvalue weighted by atomic mass is 10.1. The largest absolute Gasteiger partial charge is 0.497 e. The van der Waals surface area contributed by atoms with Crippen LogP contribution in [0.15, 0.2) is 66.9 Å². The molecule has 3 heterocycles. The van der Waals surface area contributed by atoms with E-state index in [1.807, 2.05) is 48.3 Å². The highest BCUT2D eigenvalue weighted by atomic mass is 16.5. The number of benzene rings is 2. The molecule has 4 aromatic rings. The van der Waals surface area contributed by atoms with E-state index in [0.29, 0.717) is 24.3 Å². The number of hydrogen-bond acceptors (Lipinski definition) is 5. The fourth-order valence-corrected chi connectivity index (χ4v) is 4.32. The van der Waals surface area contributed by atoms with Gasteiger partial charge in [-0.05, 0) is 35.9 Å². The Bertz CT molecular complexity index is 1260. The van der Waals surface area contributed by atoms with Gasteiger partial charge in [0.25, 0.3) is 5.91 Å². The van der Waals surface area contributed by atoms with Crippen molar-refractivity contribution in [1.82, 2.24) is 24.6 Å². The number of rotatable bonds is 5. The first-order valence-corrected chi connectivity index (χ1v) is 11.1. The highest BCUT2D eigenvalue weighted by Crippen LogP contribution is 2.27. The Labute approximate surface area is 193 Å². The van der Waals surface area contributed by atoms with E-state index in [1.165, 1.54) is 5.56 Å². The summed E-state index contributed by atoms with van der Waals surface area (Å²) in [6, 6.07) is 20.1. The van der Waals surface area contributed by atoms with Crippen LogP contribution in [0.5, 0.6) is 5.75 Å². The quantitative estimate of drug-likeness (QED) is 0.474. The van der Waals surface area contributed by atoms with Gasteiger partial charge in [0.15, 0.2) is 5.65 Å². The van der Waals surface area contributed by atoms with Crippen molar-refractivity contribution in [2.75, 3.05) is 33.3 Å². The number of carbonyl (C=O) groups is 1. The number of amides is 1. The molecule has 168 valence electrons. The third kappa shape index (κ3) is 4.32. The third-order valence-corrected chi connectivity index (χ3v) is 6.23. The van der Waals surface area contributed by atoms with Crippen molar-refractivity contribution in [3.05, 3.63) is 78.0 Å². The summed E-state index contributed by atoms with van der Waals surface area (Å²) in [5.74, 6) is 0.814. The summed E-state index contributed by atoms with van der Waals surface area (Å²) in [5.41, 5.74) is 4.33. The molecule has 1 saturated heterocycles. The zero-order chi connectivity index (χ0) is 22.8. The van der Waals surface area contributed by atoms with E-state index in [9.17, 15) is 4.79 Å². The van der Waals surface area contributed by atoms with Crippen molar-refractivity contribution < 1.29 is 9.53 Å². The van der Waals surface area contributed by atoms with Gasteiger partial charge in [-0.2, -0.15) is 5.10 Å². The van der Waals surface area contributed by atoms with Crippen LogP contribution in [-0.4, -0.2) is 63.8 Å². The second-order valence-electron chi connectivity index (χ2n) is 8.34. The molecule has 2 aromatic carbocycles. The molecule has 1 aliphatic rings. The monoisotopic (exact) mass is 441 g/mol. The number of carbonyl (C=O) groups excluding carboxylic acids is 1. The Balaban J connectivity index is 1.39. The van der Waals surface area contributed by atoms with Gasteiger partial charge in [0.1, 0.15) is 5.75 Å². The summed E-state index contributed by atoms with van der Waals surface area (Å²) in [7, 11) is 3.50. The molecule has 0 aliphatic carbocycles. The van der Waals surface area contributed by atoms with E-state index in [-0.39, 0.29) is 5.91 Å². The molecule has 33 heavy (non-hydrogen) atoms. The van der Waals surface area contributed by atoms with Gasteiger partial charge in [-0.1, -0.05) is 30.3 Å². The molecule has 0 saturated carbocycles. The maximum absolute atomic E-state index is 13.6. The second kappa shape index (κ2) is 9.03. The SMILES string of the molecule is COc1ccc(-c2cc(C(=O)N3CCN(Cc4ccccc4)CC3)c3cnn(C)c3n2)cc1. The lowest BCUT2D eigenvalue weighted by Crippen LogP contribution is -2.48. The van der Waals surface area contributed by atoms with Gasteiger partial charge in [0.2, 0.25) is 0 Å². The van der Waals surface area contributed by atoms with Crippen molar-refractivity contribution in [2.24, 2.45) is 7.05 Å². The van der Waals surface area contributed by atoms with Gasteiger partial charge in [0.05, 0.1) is 30.0 Å². The summed E-state index contributed by atoms with van der Waals surface area (Å²) < 4.78 is 6.99. The van der Waals surface area contributed by atoms with Crippen LogP contribution in [-0.2, 0) is 13.6 Å². The Hall–Kier alpha value is -3.71. The van der Waals surface area contributed by atoms with Crippen LogP contribution in [0.25, 0.3) is 22.3 Å². The molecule has 0 radical (unpaired) electrons. The lowest BCUT2D eigenvalue weighted by molar-refractivity contribution is 0.0630. The zero-order valence-electron chi connectivity index (χ0n) is 18.9. The average Bonchev–Trinajstić information content (AvgIpc) is 3.25. The number of aryl methyl sites for hydroxylation is 1. The number of ether oxygens (including phenoxy) is 1. The van der Waals surface area contributed by atoms with Crippen LogP contribution >= 0.6 is 0 Å². The molecule has 7 nitrogen and oxygen atoms in total. The number of methoxy groups -OCH3 is 1. The smallest absolute Gasteiger partial charge is 0.254 e. The maximum atomic E-state index is 13.6. The molecule has 0 spiro atoms. The first-order valence-electron chi connectivity index (χ1n) is 11.1. The van der Waals surface area contributed by atoms with E-state index in [4.69, 9.17) is 9.72 Å². The molecule has 1 aliphatic heterocycles. The van der Waals surface area contributed by atoms with Crippen molar-refractivity contribution in [2.45, 2.75) is 6.54 Å². The molecule has 0 N–H and O–H groups in total. The van der Waals surface area contributed by atoms with Crippen LogP contribution in [0.3, 0.4) is 0 Å². The van der Waals surface area contributed by atoms with Gasteiger partial charge in [0, 0.05) is 45.3 Å². The number of fused-ring (bicyclic) bond motifs is 1. The van der Waals surface area contributed by atoms with Crippen LogP contribution < -0.4 is 4.74 Å². The Kier molecular flexibility index (Phi) is 5.79. The van der Waals surface area contributed by atoms with E-state index in [1.54, 1.807) is 18.0 Å². The summed E-state index contributed by atoms with van der Waals surface area (Å²) in [5, 5.41) is 5.14. The fraction of sp³-hybridized carbons (Fsp3) is 0.269. The van der Waals surface area contributed by atoms with Crippen LogP contribution in [0.2, 0.25) is 0 Å². The number of nitrogens with zero attached hydrogens (tertiary/aromatic N) is 5. The molecular weight excluding hydrogens is 414 g/mol. The Morgan fingerprint density at radius 3 is 2.42 bits per heavy atom. The average molecular weight is 442 g/mol. The predicted octanol–water partition coefficient (Wildman–Crippen LogP) is 3.60. The number of piperazine rings is 1. The van der Waals surface area contributed by atoms with Crippen molar-refractivity contribution in [3.8, 4) is 17.0 Å². The zero-order valence-corrected chi connectivity index (χ0v) is 18.9. The minimum atomic E-state index is 0.0320. The number of pyridine rings is 1. The molecule has 7 heteroatoms. The fourth-order valence-electron chi connectivity index (χ4n) is 4.32. The first kappa shape index (κ1) is 21.2. The highest BCUT2D eigenvalue weighted by molar-refractivity contribution is 6.06. The first-order chi connectivity index (χ1) is 16.1. The molecule has 2 aromatic heterocycles. The molecule has 0 unspecified atom stereocenters. The van der Waals surface area contributed by atoms with Crippen LogP contribution in [0, 0.1) is 0 Å². The third-order valence-electron chi connectivity index (χ3n) is 6.23. The van der Waals surface area contributed by atoms with Gasteiger partial charge in [-0.25, -0.2) is 4.98 Å². The Morgan fingerprint density at radius 2 is 1.73 bits per heavy atom. The van der Waals surface area contributed by atoms with Gasteiger partial charge in [-0.15, -0.1) is 0 Å². The molecule has 1 fully saturated rings. The second-order valence-corrected chi connectivity index (χ2v) is 8.34. The summed E-state index contributed by atoms with van der Waals surface area (Å²) >= 11 is 0. The Morgan fingerprint density at radius 1 is 1.00 bits per heavy atom. The van der Waals surface area contributed by atoms with E-state index in [2.05, 4.69) is 34.3 Å². The number of aromatic nitrogens is 3. The summed E-state index contributed by atoms with van der Waals surface area (Å²) in [6.07, 6.45) is 1.74. The van der Waals surface area contributed by atoms with Crippen molar-refractivity contribution in [3.63, 3.8) is 0 Å². The minimum absolute atomic E-state index is 0.0320. The van der Waals surface area contributed by atoms with Gasteiger partial charge < -0.3 is 9.64 Å². The number of hydrogen-bond donors (Lipinski definition) is 0. The van der Waals surface area contributed by atoms with Gasteiger partial charge >= 0.3 is 0 Å². The van der Waals surface area contributed by atoms with Gasteiger partial charge in [-0.3, -0.25) is 14.4 Å². The molecule has 0 bridgehead atoms. The molecule has 5 rings (SSSR count). The molecule has 1 amide bonds. The van der Waals surface area contributed by atoms with Crippen LogP contribution in [0.1, 0.15) is 15.9 Å². The van der Waals surface area contributed by atoms with Crippen molar-refractivity contribution >= 4 is 16.9 Å². The van der Waals surface area contributed by atoms with Crippen molar-refractivity contribution in [1.29, 1.82) is 0 Å². The lowest BCUT2D eigenvalue weighted by Gasteiger charge is -2.35. The van der Waals surface area contributed by atoms with Crippen LogP contribution in [0.4, 0.5) is 0 Å². The van der Waals surface area contributed by atoms with E-state index in [0.717, 1.165) is 42.0 Å². The normalized spacial score (nSPS) is 14.5. The van der Waals surface area contributed by atoms with E-state index < -0.39 is 0 Å². The summed E-state index contributed by atoms with van der Waals surface area (Å²) in [4.78, 5) is 22.7. The molecular formula is C26H27N5O2. The van der Waals surface area contributed by atoms with E-state index >= 15 is 0 Å². The predicted molar refractivity (Wildman–Crippen MR) is 128 cm³/mol. The summed E-state index contributed by atoms with van der Waals surface area (Å²) in [6.45, 7) is 4.02. The molecule has 0 atom stereocenters.